The quantitative estimate of drug-likeness (QED) is 0.128. The van der Waals surface area contributed by atoms with Crippen molar-refractivity contribution in [3.05, 3.63) is 119 Å². The average Bonchev–Trinajstić information content (AvgIpc) is 3.02. The number of esters is 2. The van der Waals surface area contributed by atoms with E-state index in [-0.39, 0.29) is 23.8 Å². The molecule has 0 saturated carbocycles. The normalized spacial score (nSPS) is 18.2. The number of benzene rings is 3. The van der Waals surface area contributed by atoms with Crippen LogP contribution in [0.5, 0.6) is 0 Å². The number of nitrogens with one attached hydrogen (secondary N) is 1. The molecule has 2 atom stereocenters. The number of β-lactam (4-membered cyclic amide) rings is 1. The first-order valence-electron chi connectivity index (χ1n) is 13.1. The Morgan fingerprint density at radius 3 is 2.10 bits per heavy atom. The molecule has 2 N–H and O–H groups in total. The fraction of sp³-hybridized carbons (Fsp3) is 0.194. The molecule has 11 heteroatoms. The van der Waals surface area contributed by atoms with Gasteiger partial charge in [0.15, 0.2) is 11.8 Å². The highest BCUT2D eigenvalue weighted by Gasteiger charge is 2.55. The summed E-state index contributed by atoms with van der Waals surface area (Å²) < 4.78 is 11.2. The number of carbonyl (C=O) groups excluding carboxylic acids is 4. The predicted octanol–water partition coefficient (Wildman–Crippen LogP) is 3.41. The van der Waals surface area contributed by atoms with Crippen LogP contribution in [-0.2, 0) is 28.7 Å². The van der Waals surface area contributed by atoms with Crippen LogP contribution in [0.1, 0.15) is 29.7 Å². The monoisotopic (exact) mass is 585 g/mol. The number of thioether (sulfide) groups is 1. The first-order chi connectivity index (χ1) is 20.4. The van der Waals surface area contributed by atoms with Crippen molar-refractivity contribution in [3.8, 4) is 0 Å². The minimum atomic E-state index is -0.986. The van der Waals surface area contributed by atoms with E-state index in [0.717, 1.165) is 11.1 Å². The second-order valence-electron chi connectivity index (χ2n) is 9.51. The van der Waals surface area contributed by atoms with Crippen LogP contribution in [0.2, 0.25) is 0 Å². The van der Waals surface area contributed by atoms with E-state index in [1.54, 1.807) is 30.3 Å². The van der Waals surface area contributed by atoms with Crippen molar-refractivity contribution in [3.63, 3.8) is 0 Å². The lowest BCUT2D eigenvalue weighted by Crippen LogP contribution is -2.71. The first-order valence-corrected chi connectivity index (χ1v) is 14.1. The number of fused-ring (bicyclic) bond motifs is 1. The molecule has 0 aliphatic carbocycles. The predicted molar refractivity (Wildman–Crippen MR) is 154 cm³/mol. The van der Waals surface area contributed by atoms with Crippen molar-refractivity contribution in [1.29, 1.82) is 0 Å². The van der Waals surface area contributed by atoms with Gasteiger partial charge in [-0.15, -0.1) is 11.8 Å². The Balaban J connectivity index is 1.41. The third kappa shape index (κ3) is 5.91. The van der Waals surface area contributed by atoms with E-state index in [0.29, 0.717) is 11.1 Å². The molecule has 0 radical (unpaired) electrons. The molecule has 3 aromatic rings. The highest BCUT2D eigenvalue weighted by molar-refractivity contribution is 8.00. The summed E-state index contributed by atoms with van der Waals surface area (Å²) in [6.45, 7) is 1.06. The van der Waals surface area contributed by atoms with Gasteiger partial charge in [-0.05, 0) is 11.1 Å². The summed E-state index contributed by atoms with van der Waals surface area (Å²) in [4.78, 5) is 53.1. The second-order valence-corrected chi connectivity index (χ2v) is 10.6. The zero-order valence-electron chi connectivity index (χ0n) is 22.5. The first kappa shape index (κ1) is 28.6. The smallest absolute Gasteiger partial charge is 0.356 e. The van der Waals surface area contributed by atoms with Gasteiger partial charge >= 0.3 is 11.9 Å². The Hall–Kier alpha value is -4.90. The maximum atomic E-state index is 13.9. The Kier molecular flexibility index (Phi) is 8.68. The zero-order valence-corrected chi connectivity index (χ0v) is 23.3. The van der Waals surface area contributed by atoms with E-state index in [1.165, 1.54) is 23.6 Å². The van der Waals surface area contributed by atoms with E-state index in [1.807, 2.05) is 60.7 Å². The van der Waals surface area contributed by atoms with Crippen LogP contribution in [0, 0.1) is 0 Å². The summed E-state index contributed by atoms with van der Waals surface area (Å²) in [6, 6.07) is 25.8. The molecule has 2 amide bonds. The lowest BCUT2D eigenvalue weighted by atomic mass is 10.0. The van der Waals surface area contributed by atoms with Crippen LogP contribution in [0.15, 0.2) is 107 Å². The molecule has 10 nitrogen and oxygen atoms in total. The Morgan fingerprint density at radius 2 is 1.55 bits per heavy atom. The number of oxime groups is 1. The van der Waals surface area contributed by atoms with Gasteiger partial charge in [-0.3, -0.25) is 19.3 Å². The topological polar surface area (TPSA) is 135 Å². The number of rotatable bonds is 9. The van der Waals surface area contributed by atoms with E-state index >= 15 is 0 Å². The lowest BCUT2D eigenvalue weighted by molar-refractivity contribution is -0.154. The molecular formula is C31H27N3O7S. The van der Waals surface area contributed by atoms with E-state index in [9.17, 15) is 24.4 Å². The SMILES string of the molecule is CC(=O)OCC1=C(C(=O)OC(c2ccccc2)c2ccccc2)N2C(=O)[C@@H](NC(=O)C(=NO)c3ccccc3)[C@@H]2SC1. The van der Waals surface area contributed by atoms with Crippen LogP contribution < -0.4 is 5.32 Å². The van der Waals surface area contributed by atoms with Crippen molar-refractivity contribution < 1.29 is 33.9 Å². The van der Waals surface area contributed by atoms with Crippen molar-refractivity contribution >= 4 is 41.2 Å². The van der Waals surface area contributed by atoms with Crippen LogP contribution in [0.4, 0.5) is 0 Å². The summed E-state index contributed by atoms with van der Waals surface area (Å²) in [5, 5.41) is 14.6. The molecule has 3 aromatic carbocycles. The number of carbonyl (C=O) groups is 4. The summed E-state index contributed by atoms with van der Waals surface area (Å²) >= 11 is 1.31. The highest BCUT2D eigenvalue weighted by atomic mass is 32.2. The van der Waals surface area contributed by atoms with Gasteiger partial charge in [0.25, 0.3) is 11.8 Å². The molecule has 0 unspecified atom stereocenters. The summed E-state index contributed by atoms with van der Waals surface area (Å²) in [6.07, 6.45) is -0.767. The van der Waals surface area contributed by atoms with Crippen LogP contribution in [0.3, 0.4) is 0 Å². The van der Waals surface area contributed by atoms with Crippen molar-refractivity contribution in [1.82, 2.24) is 10.2 Å². The fourth-order valence-electron chi connectivity index (χ4n) is 4.76. The zero-order chi connectivity index (χ0) is 29.6. The summed E-state index contributed by atoms with van der Waals surface area (Å²) in [7, 11) is 0. The average molecular weight is 586 g/mol. The van der Waals surface area contributed by atoms with Gasteiger partial charge in [0.05, 0.1) is 0 Å². The molecule has 1 saturated heterocycles. The molecular weight excluding hydrogens is 558 g/mol. The van der Waals surface area contributed by atoms with Crippen molar-refractivity contribution in [2.75, 3.05) is 12.4 Å². The molecule has 5 rings (SSSR count). The van der Waals surface area contributed by atoms with E-state index in [4.69, 9.17) is 9.47 Å². The molecule has 2 aliphatic heterocycles. The number of ether oxygens (including phenoxy) is 2. The molecule has 1 fully saturated rings. The Labute approximate surface area is 246 Å². The van der Waals surface area contributed by atoms with Crippen LogP contribution >= 0.6 is 11.8 Å². The summed E-state index contributed by atoms with van der Waals surface area (Å²) in [5.41, 5.74) is 1.98. The van der Waals surface area contributed by atoms with Gasteiger partial charge in [-0.25, -0.2) is 4.79 Å². The highest BCUT2D eigenvalue weighted by Crippen LogP contribution is 2.41. The van der Waals surface area contributed by atoms with E-state index < -0.39 is 41.3 Å². The fourth-order valence-corrected chi connectivity index (χ4v) is 6.09. The maximum absolute atomic E-state index is 13.9. The minimum Gasteiger partial charge on any atom is -0.461 e. The number of amides is 2. The Morgan fingerprint density at radius 1 is 0.976 bits per heavy atom. The third-order valence-electron chi connectivity index (χ3n) is 6.77. The molecule has 0 spiro atoms. The van der Waals surface area contributed by atoms with Crippen LogP contribution in [-0.4, -0.2) is 63.3 Å². The minimum absolute atomic E-state index is 0.0218. The largest absolute Gasteiger partial charge is 0.461 e. The maximum Gasteiger partial charge on any atom is 0.356 e. The van der Waals surface area contributed by atoms with Gasteiger partial charge < -0.3 is 20.0 Å². The molecule has 214 valence electrons. The molecule has 0 bridgehead atoms. The lowest BCUT2D eigenvalue weighted by Gasteiger charge is -2.49. The summed E-state index contributed by atoms with van der Waals surface area (Å²) in [5.74, 6) is -2.34. The van der Waals surface area contributed by atoms with Crippen LogP contribution in [0.25, 0.3) is 0 Å². The van der Waals surface area contributed by atoms with Gasteiger partial charge in [0, 0.05) is 23.8 Å². The van der Waals surface area contributed by atoms with E-state index in [2.05, 4.69) is 10.5 Å². The van der Waals surface area contributed by atoms with Gasteiger partial charge in [-0.1, -0.05) is 96.2 Å². The Bertz CT molecular complexity index is 1500. The standard InChI is InChI=1S/C31H27N3O7S/c1-19(35)40-17-23-18-42-30-25(32-28(36)24(33-39)20-11-5-2-6-12-20)29(37)34(30)26(23)31(38)41-27(21-13-7-3-8-14-21)22-15-9-4-10-16-22/h2-16,25,27,30,39H,17-18H2,1H3,(H,32,36)/t25-,30+/m1/s1. The van der Waals surface area contributed by atoms with Gasteiger partial charge in [0.1, 0.15) is 23.7 Å². The molecule has 2 aliphatic rings. The molecule has 0 aromatic heterocycles. The van der Waals surface area contributed by atoms with Crippen molar-refractivity contribution in [2.24, 2.45) is 5.16 Å². The van der Waals surface area contributed by atoms with Gasteiger partial charge in [-0.2, -0.15) is 0 Å². The van der Waals surface area contributed by atoms with Crippen molar-refractivity contribution in [2.45, 2.75) is 24.4 Å². The van der Waals surface area contributed by atoms with Gasteiger partial charge in [0.2, 0.25) is 0 Å². The molecule has 42 heavy (non-hydrogen) atoms. The second kappa shape index (κ2) is 12.7. The number of hydrogen-bond donors (Lipinski definition) is 2. The number of nitrogens with zero attached hydrogens (tertiary/aromatic N) is 2. The molecule has 2 heterocycles. The number of hydrogen-bond acceptors (Lipinski definition) is 9. The third-order valence-corrected chi connectivity index (χ3v) is 8.11.